The molecule has 0 radical (unpaired) electrons. The molecular weight excluding hydrogens is 256 g/mol. The first-order valence-electron chi connectivity index (χ1n) is 6.09. The van der Waals surface area contributed by atoms with Crippen molar-refractivity contribution in [2.24, 2.45) is 0 Å². The smallest absolute Gasteiger partial charge is 0.336 e. The molecule has 0 atom stereocenters. The van der Waals surface area contributed by atoms with Gasteiger partial charge in [0.2, 0.25) is 0 Å². The Morgan fingerprint density at radius 1 is 0.750 bits per heavy atom. The van der Waals surface area contributed by atoms with E-state index in [1.54, 1.807) is 38.1 Å². The molecule has 4 nitrogen and oxygen atoms in total. The van der Waals surface area contributed by atoms with Gasteiger partial charge in [0.15, 0.2) is 0 Å². The van der Waals surface area contributed by atoms with Crippen LogP contribution in [0.4, 0.5) is 0 Å². The lowest BCUT2D eigenvalue weighted by Crippen LogP contribution is -2.04. The van der Waals surface area contributed by atoms with Crippen molar-refractivity contribution in [2.75, 3.05) is 0 Å². The molecule has 0 amide bonds. The predicted octanol–water partition coefficient (Wildman–Crippen LogP) is 3.37. The topological polar surface area (TPSA) is 74.6 Å². The molecule has 0 aliphatic rings. The van der Waals surface area contributed by atoms with Gasteiger partial charge in [-0.15, -0.1) is 0 Å². The van der Waals surface area contributed by atoms with Gasteiger partial charge < -0.3 is 10.2 Å². The molecule has 102 valence electrons. The van der Waals surface area contributed by atoms with Crippen LogP contribution >= 0.6 is 0 Å². The first-order chi connectivity index (χ1) is 9.43. The molecule has 0 saturated heterocycles. The first kappa shape index (κ1) is 13.8. The normalized spacial score (nSPS) is 10.3. The summed E-state index contributed by atoms with van der Waals surface area (Å²) in [6, 6.07) is 9.87. The van der Waals surface area contributed by atoms with Gasteiger partial charge in [-0.3, -0.25) is 0 Å². The van der Waals surface area contributed by atoms with Crippen LogP contribution in [-0.2, 0) is 0 Å². The minimum atomic E-state index is -1.00. The van der Waals surface area contributed by atoms with Crippen molar-refractivity contribution in [3.05, 3.63) is 58.7 Å². The highest BCUT2D eigenvalue weighted by Crippen LogP contribution is 2.30. The highest BCUT2D eigenvalue weighted by molar-refractivity contribution is 5.97. The molecule has 0 spiro atoms. The van der Waals surface area contributed by atoms with E-state index in [0.29, 0.717) is 11.1 Å². The van der Waals surface area contributed by atoms with E-state index in [9.17, 15) is 14.7 Å². The molecule has 0 heterocycles. The fraction of sp³-hybridized carbons (Fsp3) is 0.125. The molecule has 0 bridgehead atoms. The number of aromatic carboxylic acids is 2. The Balaban J connectivity index is 2.69. The van der Waals surface area contributed by atoms with Gasteiger partial charge in [-0.1, -0.05) is 24.3 Å². The monoisotopic (exact) mass is 270 g/mol. The molecule has 0 aromatic heterocycles. The summed E-state index contributed by atoms with van der Waals surface area (Å²) in [5.41, 5.74) is 3.20. The van der Waals surface area contributed by atoms with Gasteiger partial charge in [-0.05, 0) is 48.2 Å². The van der Waals surface area contributed by atoms with Gasteiger partial charge in [0.25, 0.3) is 0 Å². The number of hydrogen-bond acceptors (Lipinski definition) is 2. The second kappa shape index (κ2) is 5.17. The Morgan fingerprint density at radius 2 is 1.35 bits per heavy atom. The summed E-state index contributed by atoms with van der Waals surface area (Å²) in [5, 5.41) is 18.3. The number of carboxylic acids is 2. The zero-order valence-electron chi connectivity index (χ0n) is 11.2. The van der Waals surface area contributed by atoms with E-state index in [1.165, 1.54) is 12.1 Å². The lowest BCUT2D eigenvalue weighted by atomic mass is 9.91. The summed E-state index contributed by atoms with van der Waals surface area (Å²) in [6.45, 7) is 3.53. The average Bonchev–Trinajstić information content (AvgIpc) is 2.41. The van der Waals surface area contributed by atoms with Crippen molar-refractivity contribution >= 4 is 11.9 Å². The van der Waals surface area contributed by atoms with Gasteiger partial charge in [-0.2, -0.15) is 0 Å². The maximum absolute atomic E-state index is 11.3. The fourth-order valence-electron chi connectivity index (χ4n) is 2.25. The van der Waals surface area contributed by atoms with E-state index in [2.05, 4.69) is 0 Å². The molecule has 0 saturated carbocycles. The lowest BCUT2D eigenvalue weighted by Gasteiger charge is -2.13. The molecule has 2 aromatic rings. The Morgan fingerprint density at radius 3 is 1.95 bits per heavy atom. The standard InChI is InChI=1S/C16H14O4/c1-9-10(2)12(15(17)18)8-7-11(9)13-5-3-4-6-14(13)16(19)20/h3-8H,1-2H3,(H,17,18)(H,19,20). The fourth-order valence-corrected chi connectivity index (χ4v) is 2.25. The Labute approximate surface area is 116 Å². The second-order valence-corrected chi connectivity index (χ2v) is 4.57. The third-order valence-electron chi connectivity index (χ3n) is 3.47. The second-order valence-electron chi connectivity index (χ2n) is 4.57. The predicted molar refractivity (Wildman–Crippen MR) is 75.3 cm³/mol. The average molecular weight is 270 g/mol. The van der Waals surface area contributed by atoms with E-state index in [-0.39, 0.29) is 11.1 Å². The summed E-state index contributed by atoms with van der Waals surface area (Å²) < 4.78 is 0. The van der Waals surface area contributed by atoms with Crippen LogP contribution < -0.4 is 0 Å². The van der Waals surface area contributed by atoms with Crippen molar-refractivity contribution < 1.29 is 19.8 Å². The minimum Gasteiger partial charge on any atom is -0.478 e. The van der Waals surface area contributed by atoms with Gasteiger partial charge >= 0.3 is 11.9 Å². The van der Waals surface area contributed by atoms with Gasteiger partial charge in [-0.25, -0.2) is 9.59 Å². The molecular formula is C16H14O4. The van der Waals surface area contributed by atoms with E-state index in [4.69, 9.17) is 5.11 Å². The Hall–Kier alpha value is -2.62. The molecule has 2 N–H and O–H groups in total. The minimum absolute atomic E-state index is 0.207. The van der Waals surface area contributed by atoms with Crippen LogP contribution in [0.5, 0.6) is 0 Å². The zero-order chi connectivity index (χ0) is 14.9. The largest absolute Gasteiger partial charge is 0.478 e. The molecule has 0 fully saturated rings. The molecule has 4 heteroatoms. The Bertz CT molecular complexity index is 702. The maximum atomic E-state index is 11.3. The number of hydrogen-bond donors (Lipinski definition) is 2. The molecule has 0 unspecified atom stereocenters. The van der Waals surface area contributed by atoms with Crippen LogP contribution in [0.25, 0.3) is 11.1 Å². The van der Waals surface area contributed by atoms with Crippen LogP contribution in [0.3, 0.4) is 0 Å². The van der Waals surface area contributed by atoms with Crippen molar-refractivity contribution in [1.82, 2.24) is 0 Å². The molecule has 0 aliphatic heterocycles. The number of carboxylic acid groups (broad SMARTS) is 2. The maximum Gasteiger partial charge on any atom is 0.336 e. The Kier molecular flexibility index (Phi) is 3.57. The van der Waals surface area contributed by atoms with Crippen LogP contribution in [0.2, 0.25) is 0 Å². The van der Waals surface area contributed by atoms with Crippen molar-refractivity contribution in [2.45, 2.75) is 13.8 Å². The van der Waals surface area contributed by atoms with Crippen LogP contribution in [0.15, 0.2) is 36.4 Å². The van der Waals surface area contributed by atoms with Gasteiger partial charge in [0.1, 0.15) is 0 Å². The summed E-state index contributed by atoms with van der Waals surface area (Å²) in [6.07, 6.45) is 0. The van der Waals surface area contributed by atoms with E-state index in [0.717, 1.165) is 11.1 Å². The molecule has 20 heavy (non-hydrogen) atoms. The van der Waals surface area contributed by atoms with Crippen molar-refractivity contribution in [3.63, 3.8) is 0 Å². The highest BCUT2D eigenvalue weighted by atomic mass is 16.4. The third-order valence-corrected chi connectivity index (χ3v) is 3.47. The van der Waals surface area contributed by atoms with E-state index in [1.807, 2.05) is 0 Å². The van der Waals surface area contributed by atoms with Crippen LogP contribution in [0, 0.1) is 13.8 Å². The number of carbonyl (C=O) groups is 2. The summed E-state index contributed by atoms with van der Waals surface area (Å²) >= 11 is 0. The first-order valence-corrected chi connectivity index (χ1v) is 6.09. The van der Waals surface area contributed by atoms with Crippen molar-refractivity contribution in [1.29, 1.82) is 0 Å². The van der Waals surface area contributed by atoms with Gasteiger partial charge in [0, 0.05) is 0 Å². The van der Waals surface area contributed by atoms with Crippen LogP contribution in [0.1, 0.15) is 31.8 Å². The quantitative estimate of drug-likeness (QED) is 0.896. The number of rotatable bonds is 3. The summed E-state index contributed by atoms with van der Waals surface area (Å²) in [7, 11) is 0. The lowest BCUT2D eigenvalue weighted by molar-refractivity contribution is 0.0685. The third kappa shape index (κ3) is 2.28. The SMILES string of the molecule is Cc1c(C(=O)O)ccc(-c2ccccc2C(=O)O)c1C. The van der Waals surface area contributed by atoms with Crippen LogP contribution in [-0.4, -0.2) is 22.2 Å². The van der Waals surface area contributed by atoms with E-state index < -0.39 is 11.9 Å². The zero-order valence-corrected chi connectivity index (χ0v) is 11.2. The molecule has 2 rings (SSSR count). The highest BCUT2D eigenvalue weighted by Gasteiger charge is 2.16. The number of benzene rings is 2. The molecule has 0 aliphatic carbocycles. The summed E-state index contributed by atoms with van der Waals surface area (Å²) in [5.74, 6) is -1.98. The van der Waals surface area contributed by atoms with Gasteiger partial charge in [0.05, 0.1) is 11.1 Å². The van der Waals surface area contributed by atoms with Crippen molar-refractivity contribution in [3.8, 4) is 11.1 Å². The molecule has 2 aromatic carbocycles. The van der Waals surface area contributed by atoms with E-state index >= 15 is 0 Å². The summed E-state index contributed by atoms with van der Waals surface area (Å²) in [4.78, 5) is 22.4.